The van der Waals surface area contributed by atoms with E-state index in [1.807, 2.05) is 0 Å². The molecule has 86 valence electrons. The third-order valence-electron chi connectivity index (χ3n) is 2.45. The van der Waals surface area contributed by atoms with Gasteiger partial charge in [-0.3, -0.25) is 4.79 Å². The highest BCUT2D eigenvalue weighted by Gasteiger charge is 2.16. The molecule has 0 aromatic carbocycles. The lowest BCUT2D eigenvalue weighted by atomic mass is 10.1. The van der Waals surface area contributed by atoms with Gasteiger partial charge in [-0.1, -0.05) is 0 Å². The molecular weight excluding hydrogens is 208 g/mol. The average molecular weight is 222 g/mol. The van der Waals surface area contributed by atoms with E-state index in [0.29, 0.717) is 6.54 Å². The maximum absolute atomic E-state index is 11.6. The van der Waals surface area contributed by atoms with Crippen molar-refractivity contribution in [2.75, 3.05) is 13.2 Å². The number of nitrogens with one attached hydrogen (secondary N) is 1. The van der Waals surface area contributed by atoms with Crippen LogP contribution in [0.25, 0.3) is 0 Å². The summed E-state index contributed by atoms with van der Waals surface area (Å²) in [7, 11) is 0. The molecule has 1 aromatic rings. The van der Waals surface area contributed by atoms with Crippen LogP contribution >= 0.6 is 0 Å². The highest BCUT2D eigenvalue weighted by molar-refractivity contribution is 5.90. The molecule has 1 aliphatic rings. The van der Waals surface area contributed by atoms with Gasteiger partial charge in [-0.2, -0.15) is 5.10 Å². The molecule has 1 unspecified atom stereocenters. The lowest BCUT2D eigenvalue weighted by Gasteiger charge is -2.22. The summed E-state index contributed by atoms with van der Waals surface area (Å²) in [5, 5.41) is 9.96. The maximum Gasteiger partial charge on any atom is 0.291 e. The monoisotopic (exact) mass is 222 g/mol. The first-order valence-corrected chi connectivity index (χ1v) is 5.40. The summed E-state index contributed by atoms with van der Waals surface area (Å²) in [5.74, 6) is -0.208. The number of nitrogens with zero attached hydrogens (tertiary/aromatic N) is 3. The molecule has 6 nitrogen and oxygen atoms in total. The fourth-order valence-corrected chi connectivity index (χ4v) is 1.61. The van der Waals surface area contributed by atoms with Crippen LogP contribution in [0.1, 0.15) is 29.9 Å². The van der Waals surface area contributed by atoms with Crippen molar-refractivity contribution >= 4 is 5.91 Å². The van der Waals surface area contributed by atoms with Gasteiger partial charge in [0.05, 0.1) is 12.3 Å². The number of ether oxygens (including phenoxy) is 1. The van der Waals surface area contributed by atoms with E-state index in [0.717, 1.165) is 25.9 Å². The molecule has 1 aliphatic heterocycles. The molecule has 1 N–H and O–H groups in total. The third kappa shape index (κ3) is 2.96. The molecule has 1 saturated heterocycles. The van der Waals surface area contributed by atoms with Crippen molar-refractivity contribution in [3.63, 3.8) is 0 Å². The van der Waals surface area contributed by atoms with E-state index in [1.165, 1.54) is 12.4 Å². The molecule has 6 heteroatoms. The lowest BCUT2D eigenvalue weighted by molar-refractivity contribution is 0.0168. The van der Waals surface area contributed by atoms with Gasteiger partial charge in [0.1, 0.15) is 0 Å². The topological polar surface area (TPSA) is 77.0 Å². The molecule has 1 amide bonds. The van der Waals surface area contributed by atoms with Crippen LogP contribution in [0.4, 0.5) is 0 Å². The first-order chi connectivity index (χ1) is 7.86. The van der Waals surface area contributed by atoms with Gasteiger partial charge in [0.2, 0.25) is 5.82 Å². The Hall–Kier alpha value is -1.56. The Balaban J connectivity index is 1.79. The van der Waals surface area contributed by atoms with Crippen LogP contribution in [0.3, 0.4) is 0 Å². The number of carbonyl (C=O) groups is 1. The molecule has 1 atom stereocenters. The Morgan fingerprint density at radius 2 is 2.44 bits per heavy atom. The first kappa shape index (κ1) is 10.9. The minimum absolute atomic E-state index is 0.0957. The molecule has 0 radical (unpaired) electrons. The van der Waals surface area contributed by atoms with Crippen molar-refractivity contribution in [3.05, 3.63) is 18.2 Å². The van der Waals surface area contributed by atoms with Gasteiger partial charge in [-0.15, -0.1) is 5.10 Å². The van der Waals surface area contributed by atoms with E-state index in [9.17, 15) is 4.79 Å². The zero-order valence-electron chi connectivity index (χ0n) is 8.93. The quantitative estimate of drug-likeness (QED) is 0.788. The number of hydrogen-bond acceptors (Lipinski definition) is 5. The van der Waals surface area contributed by atoms with Crippen molar-refractivity contribution in [1.82, 2.24) is 20.5 Å². The zero-order chi connectivity index (χ0) is 11.2. The molecule has 1 aromatic heterocycles. The van der Waals surface area contributed by atoms with Crippen LogP contribution in [-0.4, -0.2) is 40.3 Å². The molecule has 0 saturated carbocycles. The summed E-state index contributed by atoms with van der Waals surface area (Å²) in [6.07, 6.45) is 6.25. The van der Waals surface area contributed by atoms with Gasteiger partial charge < -0.3 is 10.1 Å². The predicted octanol–water partition coefficient (Wildman–Crippen LogP) is 0.170. The number of hydrogen-bond donors (Lipinski definition) is 1. The van der Waals surface area contributed by atoms with Crippen LogP contribution in [0.2, 0.25) is 0 Å². The molecule has 0 bridgehead atoms. The van der Waals surface area contributed by atoms with Crippen LogP contribution < -0.4 is 5.32 Å². The summed E-state index contributed by atoms with van der Waals surface area (Å²) in [6, 6.07) is 0. The fourth-order valence-electron chi connectivity index (χ4n) is 1.61. The second-order valence-corrected chi connectivity index (χ2v) is 3.66. The van der Waals surface area contributed by atoms with E-state index in [1.54, 1.807) is 0 Å². The molecule has 0 aliphatic carbocycles. The van der Waals surface area contributed by atoms with E-state index < -0.39 is 0 Å². The normalized spacial score (nSPS) is 20.4. The fraction of sp³-hybridized carbons (Fsp3) is 0.600. The Morgan fingerprint density at radius 3 is 3.12 bits per heavy atom. The van der Waals surface area contributed by atoms with E-state index in [2.05, 4.69) is 20.5 Å². The van der Waals surface area contributed by atoms with Crippen LogP contribution in [-0.2, 0) is 4.74 Å². The Kier molecular flexibility index (Phi) is 3.76. The summed E-state index contributed by atoms with van der Waals surface area (Å²) in [5.41, 5.74) is 0. The Bertz CT molecular complexity index is 338. The van der Waals surface area contributed by atoms with Gasteiger partial charge in [0.15, 0.2) is 0 Å². The number of carbonyl (C=O) groups excluding carboxylic acids is 1. The smallest absolute Gasteiger partial charge is 0.291 e. The van der Waals surface area contributed by atoms with E-state index >= 15 is 0 Å². The largest absolute Gasteiger partial charge is 0.376 e. The van der Waals surface area contributed by atoms with Gasteiger partial charge in [0, 0.05) is 19.3 Å². The molecule has 0 spiro atoms. The van der Waals surface area contributed by atoms with Gasteiger partial charge in [-0.25, -0.2) is 4.98 Å². The SMILES string of the molecule is O=C(NCC1CCCCO1)c1nccnn1. The van der Waals surface area contributed by atoms with E-state index in [4.69, 9.17) is 4.74 Å². The summed E-state index contributed by atoms with van der Waals surface area (Å²) < 4.78 is 5.49. The second-order valence-electron chi connectivity index (χ2n) is 3.66. The summed E-state index contributed by atoms with van der Waals surface area (Å²) >= 11 is 0. The van der Waals surface area contributed by atoms with Crippen LogP contribution in [0, 0.1) is 0 Å². The number of aromatic nitrogens is 3. The van der Waals surface area contributed by atoms with Gasteiger partial charge in [-0.05, 0) is 19.3 Å². The van der Waals surface area contributed by atoms with Crippen molar-refractivity contribution in [3.8, 4) is 0 Å². The van der Waals surface area contributed by atoms with E-state index in [-0.39, 0.29) is 17.8 Å². The molecule has 2 rings (SSSR count). The van der Waals surface area contributed by atoms with Crippen LogP contribution in [0.15, 0.2) is 12.4 Å². The van der Waals surface area contributed by atoms with Gasteiger partial charge >= 0.3 is 0 Å². The minimum Gasteiger partial charge on any atom is -0.376 e. The minimum atomic E-state index is -0.303. The third-order valence-corrected chi connectivity index (χ3v) is 2.45. The van der Waals surface area contributed by atoms with Crippen molar-refractivity contribution < 1.29 is 9.53 Å². The average Bonchev–Trinajstić information content (AvgIpc) is 2.38. The summed E-state index contributed by atoms with van der Waals surface area (Å²) in [4.78, 5) is 15.4. The van der Waals surface area contributed by atoms with Crippen molar-refractivity contribution in [1.29, 1.82) is 0 Å². The molecular formula is C10H14N4O2. The highest BCUT2D eigenvalue weighted by atomic mass is 16.5. The maximum atomic E-state index is 11.6. The second kappa shape index (κ2) is 5.50. The van der Waals surface area contributed by atoms with Crippen LogP contribution in [0.5, 0.6) is 0 Å². The number of rotatable bonds is 3. The lowest BCUT2D eigenvalue weighted by Crippen LogP contribution is -2.36. The zero-order valence-corrected chi connectivity index (χ0v) is 8.93. The highest BCUT2D eigenvalue weighted by Crippen LogP contribution is 2.11. The summed E-state index contributed by atoms with van der Waals surface area (Å²) in [6.45, 7) is 1.29. The first-order valence-electron chi connectivity index (χ1n) is 5.40. The standard InChI is InChI=1S/C10H14N4O2/c15-10(9-11-4-5-13-14-9)12-7-8-3-1-2-6-16-8/h4-5,8H,1-3,6-7H2,(H,12,15). The van der Waals surface area contributed by atoms with Gasteiger partial charge in [0.25, 0.3) is 5.91 Å². The predicted molar refractivity (Wildman–Crippen MR) is 55.8 cm³/mol. The van der Waals surface area contributed by atoms with Crippen molar-refractivity contribution in [2.24, 2.45) is 0 Å². The molecule has 16 heavy (non-hydrogen) atoms. The Morgan fingerprint density at radius 1 is 1.50 bits per heavy atom. The molecule has 1 fully saturated rings. The Labute approximate surface area is 93.4 Å². The molecule has 2 heterocycles. The van der Waals surface area contributed by atoms with Crippen molar-refractivity contribution in [2.45, 2.75) is 25.4 Å². The number of amides is 1.